The predicted molar refractivity (Wildman–Crippen MR) is 20.6 cm³/mol. The molecule has 0 unspecified atom stereocenters. The van der Waals surface area contributed by atoms with Crippen LogP contribution in [-0.2, 0) is 4.57 Å². The van der Waals surface area contributed by atoms with Crippen molar-refractivity contribution < 1.29 is 8.76 Å². The first-order chi connectivity index (χ1) is 2.00. The van der Waals surface area contributed by atoms with Crippen LogP contribution in [-0.4, -0.2) is 13.3 Å². The maximum absolute atomic E-state index is 11.2. The van der Waals surface area contributed by atoms with Gasteiger partial charge in [-0.2, -0.15) is 4.20 Å². The number of hydrogen-bond donors (Lipinski definition) is 0. The lowest BCUT2D eigenvalue weighted by Gasteiger charge is -1.80. The molecule has 0 saturated heterocycles. The van der Waals surface area contributed by atoms with Crippen LogP contribution < -0.4 is 0 Å². The van der Waals surface area contributed by atoms with E-state index in [0.717, 1.165) is 13.3 Å². The Hall–Kier alpha value is 0.160. The highest BCUT2D eigenvalue weighted by atomic mass is 31.2. The lowest BCUT2D eigenvalue weighted by Crippen LogP contribution is -1.52. The molecule has 0 aliphatic heterocycles. The first kappa shape index (κ1) is 5.16. The van der Waals surface area contributed by atoms with Crippen LogP contribution in [0.4, 0.5) is 4.20 Å². The van der Waals surface area contributed by atoms with Gasteiger partial charge >= 0.3 is 0 Å². The smallest absolute Gasteiger partial charge is 0.238 e. The number of halogens is 1. The molecule has 0 spiro atoms. The van der Waals surface area contributed by atoms with Crippen molar-refractivity contribution in [3.8, 4) is 0 Å². The summed E-state index contributed by atoms with van der Waals surface area (Å²) in [7, 11) is -3.14. The molecule has 0 aromatic carbocycles. The predicted octanol–water partition coefficient (Wildman–Crippen LogP) is 1.49. The molecule has 1 nitrogen and oxygen atoms in total. The van der Waals surface area contributed by atoms with Crippen molar-refractivity contribution in [2.75, 3.05) is 13.3 Å². The minimum absolute atomic E-state index is 1.08. The molecule has 0 bridgehead atoms. The van der Waals surface area contributed by atoms with Gasteiger partial charge in [-0.15, -0.1) is 0 Å². The van der Waals surface area contributed by atoms with Gasteiger partial charge in [-0.3, -0.25) is 4.57 Å². The standard InChI is InChI=1S/C2H6FOP/c1-5(2,3)4/h1-2H3. The maximum atomic E-state index is 11.2. The van der Waals surface area contributed by atoms with E-state index in [9.17, 15) is 8.76 Å². The Balaban J connectivity index is 3.47. The second kappa shape index (κ2) is 1.09. The van der Waals surface area contributed by atoms with E-state index in [4.69, 9.17) is 0 Å². The normalized spacial score (nSPS) is 11.8. The van der Waals surface area contributed by atoms with Crippen molar-refractivity contribution in [3.63, 3.8) is 0 Å². The summed E-state index contributed by atoms with van der Waals surface area (Å²) in [5, 5.41) is 0. The van der Waals surface area contributed by atoms with Crippen LogP contribution in [0.1, 0.15) is 0 Å². The van der Waals surface area contributed by atoms with Crippen LogP contribution in [0.15, 0.2) is 0 Å². The van der Waals surface area contributed by atoms with Gasteiger partial charge in [0.25, 0.3) is 0 Å². The number of hydrogen-bond acceptors (Lipinski definition) is 1. The largest absolute Gasteiger partial charge is 0.288 e. The van der Waals surface area contributed by atoms with Gasteiger partial charge < -0.3 is 0 Å². The molecule has 0 fully saturated rings. The van der Waals surface area contributed by atoms with E-state index in [0.29, 0.717) is 0 Å². The van der Waals surface area contributed by atoms with E-state index in [2.05, 4.69) is 0 Å². The minimum atomic E-state index is -3.14. The van der Waals surface area contributed by atoms with Crippen molar-refractivity contribution in [2.24, 2.45) is 0 Å². The Morgan fingerprint density at radius 3 is 1.60 bits per heavy atom. The molecule has 0 aromatic rings. The third-order valence-electron chi connectivity index (χ3n) is 0. The molecule has 0 heterocycles. The zero-order valence-corrected chi connectivity index (χ0v) is 4.13. The average molecular weight is 96.0 g/mol. The molecule has 0 aliphatic rings. The fourth-order valence-electron chi connectivity index (χ4n) is 0. The Morgan fingerprint density at radius 2 is 1.60 bits per heavy atom. The Morgan fingerprint density at radius 1 is 1.60 bits per heavy atom. The average Bonchev–Trinajstić information content (AvgIpc) is 0.722. The van der Waals surface area contributed by atoms with E-state index >= 15 is 0 Å². The van der Waals surface area contributed by atoms with Gasteiger partial charge in [-0.05, 0) is 0 Å². The maximum Gasteiger partial charge on any atom is 0.238 e. The van der Waals surface area contributed by atoms with Crippen LogP contribution in [0.25, 0.3) is 0 Å². The summed E-state index contributed by atoms with van der Waals surface area (Å²) in [6, 6.07) is 0. The van der Waals surface area contributed by atoms with Gasteiger partial charge in [-0.25, -0.2) is 0 Å². The summed E-state index contributed by atoms with van der Waals surface area (Å²) < 4.78 is 20.8. The first-order valence-corrected chi connectivity index (χ1v) is 3.74. The van der Waals surface area contributed by atoms with Crippen LogP contribution in [0.2, 0.25) is 0 Å². The topological polar surface area (TPSA) is 17.1 Å². The molecule has 0 aromatic heterocycles. The Bertz CT molecular complexity index is 55.8. The van der Waals surface area contributed by atoms with Crippen LogP contribution in [0.3, 0.4) is 0 Å². The molecular weight excluding hydrogens is 90.0 g/mol. The van der Waals surface area contributed by atoms with E-state index in [1.807, 2.05) is 0 Å². The van der Waals surface area contributed by atoms with Crippen molar-refractivity contribution in [1.82, 2.24) is 0 Å². The second-order valence-corrected chi connectivity index (χ2v) is 3.66. The van der Waals surface area contributed by atoms with Crippen LogP contribution in [0, 0.1) is 0 Å². The lowest BCUT2D eigenvalue weighted by molar-refractivity contribution is 0.551. The van der Waals surface area contributed by atoms with Gasteiger partial charge in [0, 0.05) is 13.3 Å². The zero-order chi connectivity index (χ0) is 4.50. The fourth-order valence-corrected chi connectivity index (χ4v) is 0. The second-order valence-electron chi connectivity index (χ2n) is 1.22. The van der Waals surface area contributed by atoms with Crippen molar-refractivity contribution in [3.05, 3.63) is 0 Å². The van der Waals surface area contributed by atoms with Crippen LogP contribution >= 0.6 is 7.45 Å². The Kier molecular flexibility index (Phi) is 1.13. The van der Waals surface area contributed by atoms with Crippen LogP contribution in [0.5, 0.6) is 0 Å². The van der Waals surface area contributed by atoms with E-state index in [1.165, 1.54) is 0 Å². The van der Waals surface area contributed by atoms with E-state index < -0.39 is 7.45 Å². The molecule has 0 amide bonds. The molecule has 0 radical (unpaired) electrons. The molecular formula is C2H6FOP. The summed E-state index contributed by atoms with van der Waals surface area (Å²) in [5.41, 5.74) is 0. The van der Waals surface area contributed by atoms with Gasteiger partial charge in [0.2, 0.25) is 7.45 Å². The summed E-state index contributed by atoms with van der Waals surface area (Å²) in [6.45, 7) is 2.15. The minimum Gasteiger partial charge on any atom is -0.288 e. The van der Waals surface area contributed by atoms with Crippen molar-refractivity contribution >= 4 is 7.45 Å². The highest BCUT2D eigenvalue weighted by Gasteiger charge is 1.96. The van der Waals surface area contributed by atoms with Gasteiger partial charge in [0.15, 0.2) is 0 Å². The molecule has 3 heteroatoms. The van der Waals surface area contributed by atoms with Crippen molar-refractivity contribution in [2.45, 2.75) is 0 Å². The fraction of sp³-hybridized carbons (Fsp3) is 1.00. The lowest BCUT2D eigenvalue weighted by atomic mass is 11.9. The third-order valence-corrected chi connectivity index (χ3v) is 0. The summed E-state index contributed by atoms with van der Waals surface area (Å²) in [4.78, 5) is 0. The molecule has 0 atom stereocenters. The molecule has 0 saturated carbocycles. The Labute approximate surface area is 30.7 Å². The molecule has 32 valence electrons. The first-order valence-electron chi connectivity index (χ1n) is 1.25. The third kappa shape index (κ3) is 758. The van der Waals surface area contributed by atoms with E-state index in [1.54, 1.807) is 0 Å². The van der Waals surface area contributed by atoms with Gasteiger partial charge in [0.1, 0.15) is 0 Å². The molecule has 5 heavy (non-hydrogen) atoms. The summed E-state index contributed by atoms with van der Waals surface area (Å²) in [6.07, 6.45) is 0. The molecule has 0 rings (SSSR count). The highest BCUT2D eigenvalue weighted by Crippen LogP contribution is 2.36. The van der Waals surface area contributed by atoms with Gasteiger partial charge in [0.05, 0.1) is 0 Å². The number of rotatable bonds is 0. The summed E-state index contributed by atoms with van der Waals surface area (Å²) >= 11 is 0. The van der Waals surface area contributed by atoms with Gasteiger partial charge in [-0.1, -0.05) is 0 Å². The summed E-state index contributed by atoms with van der Waals surface area (Å²) in [5.74, 6) is 0. The quantitative estimate of drug-likeness (QED) is 0.417. The van der Waals surface area contributed by atoms with Crippen molar-refractivity contribution in [1.29, 1.82) is 0 Å². The van der Waals surface area contributed by atoms with E-state index in [-0.39, 0.29) is 0 Å². The monoisotopic (exact) mass is 96.0 g/mol. The molecule has 0 aliphatic carbocycles. The molecule has 0 N–H and O–H groups in total. The SMILES string of the molecule is CP(C)(=O)F. The highest BCUT2D eigenvalue weighted by molar-refractivity contribution is 7.56. The zero-order valence-electron chi connectivity index (χ0n) is 3.23.